The Bertz CT molecular complexity index is 1580. The van der Waals surface area contributed by atoms with E-state index in [1.165, 1.54) is 36.4 Å². The highest BCUT2D eigenvalue weighted by molar-refractivity contribution is 7.92. The second kappa shape index (κ2) is 9.15. The lowest BCUT2D eigenvalue weighted by Gasteiger charge is -2.13. The van der Waals surface area contributed by atoms with Crippen LogP contribution in [0, 0.1) is 10.1 Å². The largest absolute Gasteiger partial charge is 0.429 e. The summed E-state index contributed by atoms with van der Waals surface area (Å²) in [6.07, 6.45) is -4.68. The van der Waals surface area contributed by atoms with Gasteiger partial charge >= 0.3 is 6.18 Å². The number of sulfonamides is 1. The molecular formula is C20H10Cl2F3N3O5S2. The van der Waals surface area contributed by atoms with Gasteiger partial charge in [-0.15, -0.1) is 0 Å². The molecule has 0 aliphatic carbocycles. The van der Waals surface area contributed by atoms with E-state index in [0.29, 0.717) is 22.3 Å². The van der Waals surface area contributed by atoms with Crippen LogP contribution in [-0.4, -0.2) is 18.3 Å². The van der Waals surface area contributed by atoms with E-state index in [1.54, 1.807) is 0 Å². The van der Waals surface area contributed by atoms with Gasteiger partial charge in [-0.25, -0.2) is 13.4 Å². The van der Waals surface area contributed by atoms with Crippen LogP contribution in [0.4, 0.5) is 24.5 Å². The molecule has 4 rings (SSSR count). The summed E-state index contributed by atoms with van der Waals surface area (Å²) in [5.74, 6) is 0.121. The van der Waals surface area contributed by atoms with E-state index in [9.17, 15) is 31.7 Å². The van der Waals surface area contributed by atoms with Crippen molar-refractivity contribution in [3.63, 3.8) is 0 Å². The number of anilines is 1. The fourth-order valence-corrected chi connectivity index (χ4v) is 5.57. The van der Waals surface area contributed by atoms with Gasteiger partial charge in [0.2, 0.25) is 0 Å². The van der Waals surface area contributed by atoms with Crippen molar-refractivity contribution in [1.29, 1.82) is 0 Å². The van der Waals surface area contributed by atoms with Crippen molar-refractivity contribution < 1.29 is 31.2 Å². The highest BCUT2D eigenvalue weighted by atomic mass is 35.5. The first-order valence-electron chi connectivity index (χ1n) is 9.25. The molecule has 0 saturated heterocycles. The van der Waals surface area contributed by atoms with Crippen LogP contribution in [0.15, 0.2) is 59.5 Å². The molecule has 4 aromatic rings. The van der Waals surface area contributed by atoms with Gasteiger partial charge in [-0.1, -0.05) is 34.5 Å². The van der Waals surface area contributed by atoms with Crippen molar-refractivity contribution in [2.75, 3.05) is 4.72 Å². The second-order valence-corrected chi connectivity index (χ2v) is 10.3. The monoisotopic (exact) mass is 563 g/mol. The summed E-state index contributed by atoms with van der Waals surface area (Å²) in [6, 6.07) is 9.91. The van der Waals surface area contributed by atoms with Gasteiger partial charge in [0.25, 0.3) is 20.9 Å². The summed E-state index contributed by atoms with van der Waals surface area (Å²) in [6.45, 7) is 0. The summed E-state index contributed by atoms with van der Waals surface area (Å²) in [4.78, 5) is 14.1. The summed E-state index contributed by atoms with van der Waals surface area (Å²) < 4.78 is 72.0. The maximum atomic E-state index is 12.8. The standard InChI is InChI=1S/C20H10Cl2F3N3O5S2/c21-13-8-11(27-35(31,32)18-6-1-10(7-14(18)22)20(23,24)25)2-5-16(13)33-19-26-15-4-3-12(28(29)30)9-17(15)34-19/h1-9,27H. The lowest BCUT2D eigenvalue weighted by atomic mass is 10.2. The Morgan fingerprint density at radius 3 is 2.40 bits per heavy atom. The minimum Gasteiger partial charge on any atom is -0.429 e. The van der Waals surface area contributed by atoms with Crippen molar-refractivity contribution in [3.05, 3.63) is 80.3 Å². The SMILES string of the molecule is O=[N+]([O-])c1ccc2nc(Oc3ccc(NS(=O)(=O)c4ccc(C(F)(F)F)cc4Cl)cc3Cl)sc2c1. The number of fused-ring (bicyclic) bond motifs is 1. The zero-order valence-electron chi connectivity index (χ0n) is 16.8. The van der Waals surface area contributed by atoms with Gasteiger partial charge in [0.15, 0.2) is 0 Å². The van der Waals surface area contributed by atoms with Gasteiger partial charge < -0.3 is 4.74 Å². The van der Waals surface area contributed by atoms with Gasteiger partial charge in [-0.3, -0.25) is 14.8 Å². The van der Waals surface area contributed by atoms with E-state index in [0.717, 1.165) is 17.4 Å². The number of alkyl halides is 3. The number of aromatic nitrogens is 1. The maximum absolute atomic E-state index is 12.8. The number of halogens is 5. The predicted octanol–water partition coefficient (Wildman–Crippen LogP) is 7.12. The number of nitrogens with one attached hydrogen (secondary N) is 1. The van der Waals surface area contributed by atoms with Crippen LogP contribution < -0.4 is 9.46 Å². The summed E-state index contributed by atoms with van der Waals surface area (Å²) in [5.41, 5.74) is -0.714. The topological polar surface area (TPSA) is 111 Å². The molecule has 0 atom stereocenters. The Morgan fingerprint density at radius 1 is 1.03 bits per heavy atom. The van der Waals surface area contributed by atoms with Crippen LogP contribution in [0.25, 0.3) is 10.2 Å². The second-order valence-electron chi connectivity index (χ2n) is 6.88. The highest BCUT2D eigenvalue weighted by Gasteiger charge is 2.32. The van der Waals surface area contributed by atoms with Crippen LogP contribution in [0.3, 0.4) is 0 Å². The van der Waals surface area contributed by atoms with Gasteiger partial charge in [-0.2, -0.15) is 13.2 Å². The van der Waals surface area contributed by atoms with Crippen LogP contribution in [-0.2, 0) is 16.2 Å². The Kier molecular flexibility index (Phi) is 6.53. The number of nitro benzene ring substituents is 1. The molecule has 0 unspecified atom stereocenters. The smallest absolute Gasteiger partial charge is 0.416 e. The third kappa shape index (κ3) is 5.42. The van der Waals surface area contributed by atoms with Crippen LogP contribution in [0.5, 0.6) is 10.9 Å². The average Bonchev–Trinajstić information content (AvgIpc) is 3.16. The van der Waals surface area contributed by atoms with E-state index < -0.39 is 36.6 Å². The molecule has 3 aromatic carbocycles. The molecule has 0 aliphatic rings. The number of nitro groups is 1. The average molecular weight is 564 g/mol. The molecule has 8 nitrogen and oxygen atoms in total. The number of hydrogen-bond acceptors (Lipinski definition) is 7. The van der Waals surface area contributed by atoms with Crippen LogP contribution in [0.1, 0.15) is 5.56 Å². The summed E-state index contributed by atoms with van der Waals surface area (Å²) in [5, 5.41) is 10.5. The van der Waals surface area contributed by atoms with Crippen molar-refractivity contribution >= 4 is 66.2 Å². The first kappa shape index (κ1) is 25.0. The molecule has 15 heteroatoms. The zero-order chi connectivity index (χ0) is 25.5. The van der Waals surface area contributed by atoms with E-state index in [2.05, 4.69) is 9.71 Å². The van der Waals surface area contributed by atoms with Gasteiger partial charge in [0.05, 0.1) is 36.4 Å². The lowest BCUT2D eigenvalue weighted by Crippen LogP contribution is -2.14. The first-order chi connectivity index (χ1) is 16.3. The van der Waals surface area contributed by atoms with Crippen LogP contribution in [0.2, 0.25) is 10.0 Å². The molecule has 35 heavy (non-hydrogen) atoms. The summed E-state index contributed by atoms with van der Waals surface area (Å²) >= 11 is 13.0. The number of non-ortho nitro benzene ring substituents is 1. The van der Waals surface area contributed by atoms with E-state index in [-0.39, 0.29) is 27.3 Å². The normalized spacial score (nSPS) is 12.0. The fourth-order valence-electron chi connectivity index (χ4n) is 2.90. The minimum atomic E-state index is -4.68. The Hall–Kier alpha value is -3.13. The number of hydrogen-bond donors (Lipinski definition) is 1. The molecule has 0 saturated carbocycles. The van der Waals surface area contributed by atoms with Gasteiger partial charge in [-0.05, 0) is 42.5 Å². The minimum absolute atomic E-state index is 0.00163. The van der Waals surface area contributed by atoms with Crippen molar-refractivity contribution in [3.8, 4) is 10.9 Å². The zero-order valence-corrected chi connectivity index (χ0v) is 20.0. The quantitative estimate of drug-likeness (QED) is 0.197. The summed E-state index contributed by atoms with van der Waals surface area (Å²) in [7, 11) is -4.34. The van der Waals surface area contributed by atoms with E-state index in [4.69, 9.17) is 27.9 Å². The number of benzene rings is 3. The number of ether oxygens (including phenoxy) is 1. The molecule has 1 heterocycles. The molecule has 1 aromatic heterocycles. The molecule has 0 aliphatic heterocycles. The van der Waals surface area contributed by atoms with Crippen molar-refractivity contribution in [2.45, 2.75) is 11.1 Å². The predicted molar refractivity (Wildman–Crippen MR) is 125 cm³/mol. The number of nitrogens with zero attached hydrogens (tertiary/aromatic N) is 2. The maximum Gasteiger partial charge on any atom is 0.416 e. The van der Waals surface area contributed by atoms with Gasteiger partial charge in [0.1, 0.15) is 10.6 Å². The molecule has 1 N–H and O–H groups in total. The molecular weight excluding hydrogens is 554 g/mol. The van der Waals surface area contributed by atoms with E-state index in [1.807, 2.05) is 0 Å². The fraction of sp³-hybridized carbons (Fsp3) is 0.0500. The Balaban J connectivity index is 1.54. The van der Waals surface area contributed by atoms with Crippen LogP contribution >= 0.6 is 34.5 Å². The Labute approximate surface area is 209 Å². The van der Waals surface area contributed by atoms with Crippen molar-refractivity contribution in [2.24, 2.45) is 0 Å². The first-order valence-corrected chi connectivity index (χ1v) is 12.3. The third-order valence-corrected chi connectivity index (χ3v) is 7.55. The molecule has 182 valence electrons. The molecule has 0 bridgehead atoms. The highest BCUT2D eigenvalue weighted by Crippen LogP contribution is 2.38. The molecule has 0 amide bonds. The lowest BCUT2D eigenvalue weighted by molar-refractivity contribution is -0.384. The van der Waals surface area contributed by atoms with E-state index >= 15 is 0 Å². The number of thiazole rings is 1. The third-order valence-electron chi connectivity index (χ3n) is 4.49. The molecule has 0 radical (unpaired) electrons. The molecule has 0 spiro atoms. The van der Waals surface area contributed by atoms with Crippen molar-refractivity contribution in [1.82, 2.24) is 4.98 Å². The number of rotatable bonds is 6. The van der Waals surface area contributed by atoms with Gasteiger partial charge in [0, 0.05) is 12.1 Å². The molecule has 0 fully saturated rings. The Morgan fingerprint density at radius 2 is 1.77 bits per heavy atom.